The molecule has 2 rings (SSSR count). The van der Waals surface area contributed by atoms with E-state index in [9.17, 15) is 8.42 Å². The van der Waals surface area contributed by atoms with E-state index >= 15 is 0 Å². The van der Waals surface area contributed by atoms with Crippen LogP contribution in [0.5, 0.6) is 0 Å². The molecule has 0 heterocycles. The molecular formula is C13H20N2O2S. The van der Waals surface area contributed by atoms with Crippen molar-refractivity contribution in [1.82, 2.24) is 4.72 Å². The van der Waals surface area contributed by atoms with Gasteiger partial charge in [0.25, 0.3) is 0 Å². The summed E-state index contributed by atoms with van der Waals surface area (Å²) < 4.78 is 27.3. The molecule has 1 aliphatic carbocycles. The van der Waals surface area contributed by atoms with Crippen LogP contribution in [0.2, 0.25) is 0 Å². The van der Waals surface area contributed by atoms with Crippen LogP contribution in [-0.2, 0) is 10.0 Å². The first-order valence-corrected chi connectivity index (χ1v) is 7.77. The maximum Gasteiger partial charge on any atom is 0.240 e. The quantitative estimate of drug-likeness (QED) is 0.824. The highest BCUT2D eigenvalue weighted by molar-refractivity contribution is 7.89. The molecule has 4 nitrogen and oxygen atoms in total. The molecule has 0 aromatic heterocycles. The number of nitrogens with one attached hydrogen (secondary N) is 1. The Morgan fingerprint density at radius 3 is 2.61 bits per heavy atom. The van der Waals surface area contributed by atoms with Crippen molar-refractivity contribution in [3.63, 3.8) is 0 Å². The lowest BCUT2D eigenvalue weighted by Crippen LogP contribution is -2.36. The SMILES string of the molecule is Cc1cc(S(=O)(=O)NC2CCCC2C)ccc1N. The molecule has 0 aliphatic heterocycles. The van der Waals surface area contributed by atoms with Gasteiger partial charge >= 0.3 is 0 Å². The second kappa shape index (κ2) is 4.90. The first kappa shape index (κ1) is 13.4. The highest BCUT2D eigenvalue weighted by atomic mass is 32.2. The van der Waals surface area contributed by atoms with Gasteiger partial charge in [0.05, 0.1) is 4.90 Å². The Kier molecular flexibility index (Phi) is 3.64. The molecule has 1 aromatic rings. The van der Waals surface area contributed by atoms with Gasteiger partial charge in [-0.25, -0.2) is 13.1 Å². The number of sulfonamides is 1. The summed E-state index contributed by atoms with van der Waals surface area (Å²) in [6.07, 6.45) is 3.11. The highest BCUT2D eigenvalue weighted by Crippen LogP contribution is 2.26. The molecule has 1 aliphatic rings. The lowest BCUT2D eigenvalue weighted by Gasteiger charge is -2.17. The Morgan fingerprint density at radius 2 is 2.06 bits per heavy atom. The molecule has 0 bridgehead atoms. The second-order valence-electron chi connectivity index (χ2n) is 5.15. The van der Waals surface area contributed by atoms with E-state index in [4.69, 9.17) is 5.73 Å². The van der Waals surface area contributed by atoms with E-state index in [2.05, 4.69) is 11.6 Å². The highest BCUT2D eigenvalue weighted by Gasteiger charge is 2.28. The van der Waals surface area contributed by atoms with E-state index in [1.54, 1.807) is 18.2 Å². The molecule has 0 radical (unpaired) electrons. The van der Waals surface area contributed by atoms with Crippen LogP contribution in [0, 0.1) is 12.8 Å². The number of hydrogen-bond donors (Lipinski definition) is 2. The molecule has 1 aromatic carbocycles. The van der Waals surface area contributed by atoms with Gasteiger partial charge < -0.3 is 5.73 Å². The summed E-state index contributed by atoms with van der Waals surface area (Å²) in [5.74, 6) is 0.412. The molecule has 0 spiro atoms. The Morgan fingerprint density at radius 1 is 1.33 bits per heavy atom. The van der Waals surface area contributed by atoms with Gasteiger partial charge in [0.2, 0.25) is 10.0 Å². The van der Waals surface area contributed by atoms with Gasteiger partial charge in [0, 0.05) is 11.7 Å². The van der Waals surface area contributed by atoms with Gasteiger partial charge in [-0.05, 0) is 49.4 Å². The summed E-state index contributed by atoms with van der Waals surface area (Å²) >= 11 is 0. The van der Waals surface area contributed by atoms with Gasteiger partial charge in [0.15, 0.2) is 0 Å². The number of nitrogen functional groups attached to an aromatic ring is 1. The minimum absolute atomic E-state index is 0.0628. The Balaban J connectivity index is 2.22. The third-order valence-corrected chi connectivity index (χ3v) is 5.21. The third kappa shape index (κ3) is 2.67. The van der Waals surface area contributed by atoms with Gasteiger partial charge in [0.1, 0.15) is 0 Å². The number of nitrogens with two attached hydrogens (primary N) is 1. The van der Waals surface area contributed by atoms with Crippen LogP contribution in [0.3, 0.4) is 0 Å². The minimum atomic E-state index is -3.42. The van der Waals surface area contributed by atoms with Gasteiger partial charge in [-0.2, -0.15) is 0 Å². The van der Waals surface area contributed by atoms with Crippen molar-refractivity contribution in [2.45, 2.75) is 44.0 Å². The first-order chi connectivity index (χ1) is 8.40. The van der Waals surface area contributed by atoms with Crippen molar-refractivity contribution in [3.05, 3.63) is 23.8 Å². The van der Waals surface area contributed by atoms with E-state index in [0.717, 1.165) is 24.8 Å². The zero-order chi connectivity index (χ0) is 13.3. The van der Waals surface area contributed by atoms with E-state index in [1.165, 1.54) is 0 Å². The summed E-state index contributed by atoms with van der Waals surface area (Å²) in [7, 11) is -3.42. The predicted octanol–water partition coefficient (Wildman–Crippen LogP) is 2.04. The van der Waals surface area contributed by atoms with Gasteiger partial charge in [-0.15, -0.1) is 0 Å². The van der Waals surface area contributed by atoms with Crippen molar-refractivity contribution in [1.29, 1.82) is 0 Å². The summed E-state index contributed by atoms with van der Waals surface area (Å²) in [6.45, 7) is 3.90. The summed E-state index contributed by atoms with van der Waals surface area (Å²) in [5, 5.41) is 0. The average molecular weight is 268 g/mol. The van der Waals surface area contributed by atoms with Crippen LogP contribution < -0.4 is 10.5 Å². The molecule has 0 saturated heterocycles. The summed E-state index contributed by atoms with van der Waals surface area (Å²) in [6, 6.07) is 4.89. The van der Waals surface area contributed by atoms with Crippen LogP contribution in [-0.4, -0.2) is 14.5 Å². The fourth-order valence-corrected chi connectivity index (χ4v) is 3.87. The van der Waals surface area contributed by atoms with Crippen LogP contribution >= 0.6 is 0 Å². The van der Waals surface area contributed by atoms with Crippen molar-refractivity contribution in [2.24, 2.45) is 5.92 Å². The molecule has 1 saturated carbocycles. The molecule has 18 heavy (non-hydrogen) atoms. The number of benzene rings is 1. The lowest BCUT2D eigenvalue weighted by atomic mass is 10.1. The first-order valence-electron chi connectivity index (χ1n) is 6.28. The maximum absolute atomic E-state index is 12.2. The number of rotatable bonds is 3. The van der Waals surface area contributed by atoms with Gasteiger partial charge in [-0.3, -0.25) is 0 Å². The maximum atomic E-state index is 12.2. The van der Waals surface area contributed by atoms with E-state index in [-0.39, 0.29) is 6.04 Å². The number of anilines is 1. The Labute approximate surface area is 109 Å². The fourth-order valence-electron chi connectivity index (χ4n) is 2.40. The second-order valence-corrected chi connectivity index (χ2v) is 6.87. The van der Waals surface area contributed by atoms with Crippen molar-refractivity contribution >= 4 is 15.7 Å². The number of hydrogen-bond acceptors (Lipinski definition) is 3. The molecule has 2 unspecified atom stereocenters. The monoisotopic (exact) mass is 268 g/mol. The standard InChI is InChI=1S/C13H20N2O2S/c1-9-4-3-5-13(9)15-18(16,17)11-6-7-12(14)10(2)8-11/h6-9,13,15H,3-5,14H2,1-2H3. The zero-order valence-corrected chi connectivity index (χ0v) is 11.6. The van der Waals surface area contributed by atoms with E-state index in [1.807, 2.05) is 6.92 Å². The topological polar surface area (TPSA) is 72.2 Å². The van der Waals surface area contributed by atoms with Crippen molar-refractivity contribution in [3.8, 4) is 0 Å². The molecule has 5 heteroatoms. The zero-order valence-electron chi connectivity index (χ0n) is 10.8. The average Bonchev–Trinajstić information content (AvgIpc) is 2.67. The number of aryl methyl sites for hydroxylation is 1. The minimum Gasteiger partial charge on any atom is -0.399 e. The lowest BCUT2D eigenvalue weighted by molar-refractivity contribution is 0.476. The van der Waals surface area contributed by atoms with Gasteiger partial charge in [-0.1, -0.05) is 13.3 Å². The van der Waals surface area contributed by atoms with Crippen LogP contribution in [0.4, 0.5) is 5.69 Å². The Bertz CT molecular complexity index is 540. The molecular weight excluding hydrogens is 248 g/mol. The van der Waals surface area contributed by atoms with Crippen molar-refractivity contribution < 1.29 is 8.42 Å². The van der Waals surface area contributed by atoms with Crippen LogP contribution in [0.25, 0.3) is 0 Å². The third-order valence-electron chi connectivity index (χ3n) is 3.72. The summed E-state index contributed by atoms with van der Waals surface area (Å²) in [5.41, 5.74) is 7.11. The normalized spacial score (nSPS) is 24.3. The van der Waals surface area contributed by atoms with Crippen LogP contribution in [0.15, 0.2) is 23.1 Å². The smallest absolute Gasteiger partial charge is 0.240 e. The molecule has 0 amide bonds. The van der Waals surface area contributed by atoms with Crippen LogP contribution in [0.1, 0.15) is 31.7 Å². The van der Waals surface area contributed by atoms with E-state index in [0.29, 0.717) is 16.5 Å². The van der Waals surface area contributed by atoms with E-state index < -0.39 is 10.0 Å². The van der Waals surface area contributed by atoms with Crippen molar-refractivity contribution in [2.75, 3.05) is 5.73 Å². The fraction of sp³-hybridized carbons (Fsp3) is 0.538. The molecule has 1 fully saturated rings. The molecule has 2 atom stereocenters. The molecule has 3 N–H and O–H groups in total. The predicted molar refractivity (Wildman–Crippen MR) is 72.7 cm³/mol. The molecule has 100 valence electrons. The summed E-state index contributed by atoms with van der Waals surface area (Å²) in [4.78, 5) is 0.299. The largest absolute Gasteiger partial charge is 0.399 e. The Hall–Kier alpha value is -1.07.